The van der Waals surface area contributed by atoms with Crippen LogP contribution >= 0.6 is 0 Å². The standard InChI is InChI=1S/C24H17N3O6S/c28-24(22-10-3-4-11-23(22)27(29)30)26-25-16-17-6-5-9-20(14-17)33-34(31,32)21-13-12-18-7-1-2-8-19(18)15-21/h1-16H,(H,26,28)/b25-16-. The number of benzene rings is 4. The van der Waals surface area contributed by atoms with Crippen LogP contribution in [0.25, 0.3) is 10.8 Å². The highest BCUT2D eigenvalue weighted by Crippen LogP contribution is 2.23. The lowest BCUT2D eigenvalue weighted by Gasteiger charge is -2.08. The first-order chi connectivity index (χ1) is 16.3. The molecular weight excluding hydrogens is 458 g/mol. The largest absolute Gasteiger partial charge is 0.379 e. The van der Waals surface area contributed by atoms with Gasteiger partial charge in [0.15, 0.2) is 0 Å². The van der Waals surface area contributed by atoms with Crippen molar-refractivity contribution in [2.24, 2.45) is 5.10 Å². The van der Waals surface area contributed by atoms with E-state index in [1.165, 1.54) is 54.7 Å². The minimum absolute atomic E-state index is 0.0157. The average molecular weight is 475 g/mol. The number of rotatable bonds is 7. The van der Waals surface area contributed by atoms with Crippen LogP contribution in [0, 0.1) is 10.1 Å². The molecule has 0 atom stereocenters. The molecule has 0 radical (unpaired) electrons. The highest BCUT2D eigenvalue weighted by molar-refractivity contribution is 7.87. The van der Waals surface area contributed by atoms with Gasteiger partial charge >= 0.3 is 10.1 Å². The fourth-order valence-corrected chi connectivity index (χ4v) is 4.15. The van der Waals surface area contributed by atoms with Crippen LogP contribution in [0.3, 0.4) is 0 Å². The number of fused-ring (bicyclic) bond motifs is 1. The summed E-state index contributed by atoms with van der Waals surface area (Å²) in [6.07, 6.45) is 1.27. The Hall–Kier alpha value is -4.57. The van der Waals surface area contributed by atoms with Crippen LogP contribution < -0.4 is 9.61 Å². The first-order valence-electron chi connectivity index (χ1n) is 9.94. The number of nitro groups is 1. The lowest BCUT2D eigenvalue weighted by molar-refractivity contribution is -0.385. The minimum atomic E-state index is -4.08. The van der Waals surface area contributed by atoms with Gasteiger partial charge in [-0.2, -0.15) is 13.5 Å². The Labute approximate surface area is 194 Å². The number of hydrazone groups is 1. The number of hydrogen-bond donors (Lipinski definition) is 1. The summed E-state index contributed by atoms with van der Waals surface area (Å²) in [5.74, 6) is -0.697. The molecule has 0 aliphatic heterocycles. The second-order valence-corrected chi connectivity index (χ2v) is 8.64. The fourth-order valence-electron chi connectivity index (χ4n) is 3.19. The van der Waals surface area contributed by atoms with Gasteiger partial charge in [0.25, 0.3) is 11.6 Å². The van der Waals surface area contributed by atoms with Gasteiger partial charge in [0.2, 0.25) is 0 Å². The van der Waals surface area contributed by atoms with E-state index in [0.717, 1.165) is 10.8 Å². The SMILES string of the molecule is O=C(N/N=C\c1cccc(OS(=O)(=O)c2ccc3ccccc3c2)c1)c1ccccc1[N+](=O)[O-]. The van der Waals surface area contributed by atoms with Gasteiger partial charge in [0.1, 0.15) is 16.2 Å². The molecule has 10 heteroatoms. The van der Waals surface area contributed by atoms with Crippen LogP contribution in [0.5, 0.6) is 5.75 Å². The summed E-state index contributed by atoms with van der Waals surface area (Å²) in [6, 6.07) is 23.7. The number of para-hydroxylation sites is 1. The Morgan fingerprint density at radius 2 is 1.65 bits per heavy atom. The molecule has 9 nitrogen and oxygen atoms in total. The zero-order valence-electron chi connectivity index (χ0n) is 17.5. The lowest BCUT2D eigenvalue weighted by Crippen LogP contribution is -2.18. The van der Waals surface area contributed by atoms with Crippen LogP contribution in [-0.2, 0) is 10.1 Å². The van der Waals surface area contributed by atoms with Gasteiger partial charge in [0, 0.05) is 6.07 Å². The van der Waals surface area contributed by atoms with Crippen LogP contribution in [0.1, 0.15) is 15.9 Å². The molecule has 0 aromatic heterocycles. The van der Waals surface area contributed by atoms with E-state index in [0.29, 0.717) is 5.56 Å². The van der Waals surface area contributed by atoms with Crippen molar-refractivity contribution >= 4 is 38.7 Å². The summed E-state index contributed by atoms with van der Waals surface area (Å²) in [5, 5.41) is 16.5. The second kappa shape index (κ2) is 9.51. The van der Waals surface area contributed by atoms with Crippen molar-refractivity contribution in [2.45, 2.75) is 4.90 Å². The number of hydrogen-bond acceptors (Lipinski definition) is 7. The molecule has 0 saturated heterocycles. The molecule has 4 aromatic carbocycles. The molecule has 0 aliphatic carbocycles. The molecule has 0 bridgehead atoms. The third-order valence-corrected chi connectivity index (χ3v) is 6.04. The highest BCUT2D eigenvalue weighted by atomic mass is 32.2. The predicted molar refractivity (Wildman–Crippen MR) is 126 cm³/mol. The van der Waals surface area contributed by atoms with Gasteiger partial charge in [-0.25, -0.2) is 5.43 Å². The molecule has 1 N–H and O–H groups in total. The summed E-state index contributed by atoms with van der Waals surface area (Å²) >= 11 is 0. The van der Waals surface area contributed by atoms with E-state index in [1.807, 2.05) is 24.3 Å². The Balaban J connectivity index is 1.48. The maximum Gasteiger partial charge on any atom is 0.339 e. The van der Waals surface area contributed by atoms with E-state index < -0.39 is 20.9 Å². The summed E-state index contributed by atoms with van der Waals surface area (Å²) in [5.41, 5.74) is 2.18. The smallest absolute Gasteiger partial charge is 0.339 e. The first-order valence-corrected chi connectivity index (χ1v) is 11.3. The van der Waals surface area contributed by atoms with E-state index in [1.54, 1.807) is 18.2 Å². The van der Waals surface area contributed by atoms with E-state index >= 15 is 0 Å². The Morgan fingerprint density at radius 1 is 0.912 bits per heavy atom. The number of nitro benzene ring substituents is 1. The number of amides is 1. The maximum absolute atomic E-state index is 12.7. The molecule has 0 heterocycles. The van der Waals surface area contributed by atoms with E-state index in [4.69, 9.17) is 4.18 Å². The first kappa shape index (κ1) is 22.6. The lowest BCUT2D eigenvalue weighted by atomic mass is 10.1. The molecule has 4 rings (SSSR count). The van der Waals surface area contributed by atoms with Crippen molar-refractivity contribution in [1.29, 1.82) is 0 Å². The summed E-state index contributed by atoms with van der Waals surface area (Å²) in [7, 11) is -4.08. The van der Waals surface area contributed by atoms with Crippen molar-refractivity contribution in [3.8, 4) is 5.75 Å². The summed E-state index contributed by atoms with van der Waals surface area (Å²) < 4.78 is 30.7. The van der Waals surface area contributed by atoms with Crippen LogP contribution in [-0.4, -0.2) is 25.5 Å². The monoisotopic (exact) mass is 475 g/mol. The van der Waals surface area contributed by atoms with Gasteiger partial charge in [-0.05, 0) is 46.7 Å². The minimum Gasteiger partial charge on any atom is -0.379 e. The molecule has 4 aromatic rings. The van der Waals surface area contributed by atoms with E-state index in [2.05, 4.69) is 10.5 Å². The molecule has 0 fully saturated rings. The third kappa shape index (κ3) is 5.08. The topological polar surface area (TPSA) is 128 Å². The molecule has 0 aliphatic rings. The summed E-state index contributed by atoms with van der Waals surface area (Å²) in [6.45, 7) is 0. The van der Waals surface area contributed by atoms with Gasteiger partial charge in [-0.1, -0.05) is 54.6 Å². The zero-order valence-corrected chi connectivity index (χ0v) is 18.3. The van der Waals surface area contributed by atoms with Gasteiger partial charge in [-0.15, -0.1) is 0 Å². The third-order valence-electron chi connectivity index (χ3n) is 4.80. The van der Waals surface area contributed by atoms with E-state index in [-0.39, 0.29) is 21.9 Å². The van der Waals surface area contributed by atoms with Gasteiger partial charge < -0.3 is 4.18 Å². The molecular formula is C24H17N3O6S. The highest BCUT2D eigenvalue weighted by Gasteiger charge is 2.19. The number of nitrogens with zero attached hydrogens (tertiary/aromatic N) is 2. The zero-order chi connectivity index (χ0) is 24.1. The van der Waals surface area contributed by atoms with Crippen molar-refractivity contribution < 1.29 is 22.3 Å². The maximum atomic E-state index is 12.7. The predicted octanol–water partition coefficient (Wildman–Crippen LogP) is 4.28. The average Bonchev–Trinajstić information content (AvgIpc) is 2.83. The Morgan fingerprint density at radius 3 is 2.44 bits per heavy atom. The summed E-state index contributed by atoms with van der Waals surface area (Å²) in [4.78, 5) is 22.7. The van der Waals surface area contributed by atoms with Crippen LogP contribution in [0.2, 0.25) is 0 Å². The number of carbonyl (C=O) groups is 1. The number of nitrogens with one attached hydrogen (secondary N) is 1. The van der Waals surface area contributed by atoms with Crippen molar-refractivity contribution in [3.05, 3.63) is 112 Å². The van der Waals surface area contributed by atoms with Crippen molar-refractivity contribution in [3.63, 3.8) is 0 Å². The molecule has 170 valence electrons. The molecule has 0 unspecified atom stereocenters. The fraction of sp³-hybridized carbons (Fsp3) is 0. The molecule has 0 spiro atoms. The number of carbonyl (C=O) groups excluding carboxylic acids is 1. The van der Waals surface area contributed by atoms with Crippen LogP contribution in [0.15, 0.2) is 101 Å². The van der Waals surface area contributed by atoms with Crippen molar-refractivity contribution in [1.82, 2.24) is 5.43 Å². The second-order valence-electron chi connectivity index (χ2n) is 7.09. The Bertz CT molecular complexity index is 1530. The Kier molecular flexibility index (Phi) is 6.33. The molecule has 34 heavy (non-hydrogen) atoms. The van der Waals surface area contributed by atoms with Gasteiger partial charge in [0.05, 0.1) is 11.1 Å². The molecule has 0 saturated carbocycles. The van der Waals surface area contributed by atoms with Gasteiger partial charge in [-0.3, -0.25) is 14.9 Å². The van der Waals surface area contributed by atoms with E-state index in [9.17, 15) is 23.3 Å². The normalized spacial score (nSPS) is 11.4. The van der Waals surface area contributed by atoms with Crippen LogP contribution in [0.4, 0.5) is 5.69 Å². The molecule has 1 amide bonds. The quantitative estimate of drug-likeness (QED) is 0.184. The van der Waals surface area contributed by atoms with Crippen molar-refractivity contribution in [2.75, 3.05) is 0 Å².